The van der Waals surface area contributed by atoms with Crippen molar-refractivity contribution in [2.24, 2.45) is 10.1 Å². The van der Waals surface area contributed by atoms with Crippen molar-refractivity contribution < 1.29 is 5.21 Å². The van der Waals surface area contributed by atoms with Gasteiger partial charge in [0.25, 0.3) is 0 Å². The molecule has 0 aromatic rings. The van der Waals surface area contributed by atoms with Gasteiger partial charge in [0.05, 0.1) is 11.4 Å². The highest BCUT2D eigenvalue weighted by Crippen LogP contribution is 1.85. The van der Waals surface area contributed by atoms with Crippen LogP contribution >= 0.6 is 0 Å². The molecule has 0 unspecified atom stereocenters. The lowest BCUT2D eigenvalue weighted by atomic mass is 10.3. The van der Waals surface area contributed by atoms with Crippen LogP contribution < -0.4 is 0 Å². The molecule has 1 N–H and O–H groups in total. The first-order valence-corrected chi connectivity index (χ1v) is 3.42. The zero-order valence-electron chi connectivity index (χ0n) is 6.76. The summed E-state index contributed by atoms with van der Waals surface area (Å²) in [5, 5.41) is 11.3. The van der Waals surface area contributed by atoms with E-state index >= 15 is 0 Å². The van der Waals surface area contributed by atoms with Gasteiger partial charge in [-0.25, -0.2) is 0 Å². The molecule has 0 fully saturated rings. The van der Waals surface area contributed by atoms with Gasteiger partial charge in [0.2, 0.25) is 0 Å². The van der Waals surface area contributed by atoms with Crippen LogP contribution in [0.25, 0.3) is 0 Å². The van der Waals surface area contributed by atoms with Crippen LogP contribution in [0.4, 0.5) is 0 Å². The fourth-order valence-corrected chi connectivity index (χ4v) is 0.466. The van der Waals surface area contributed by atoms with Crippen LogP contribution in [0.2, 0.25) is 0 Å². The molecular weight excluding hydrogens is 128 g/mol. The Labute approximate surface area is 61.5 Å². The van der Waals surface area contributed by atoms with Crippen LogP contribution in [0, 0.1) is 0 Å². The van der Waals surface area contributed by atoms with E-state index in [0.717, 1.165) is 18.7 Å². The second kappa shape index (κ2) is 4.97. The van der Waals surface area contributed by atoms with Crippen LogP contribution in [0.1, 0.15) is 27.2 Å². The Morgan fingerprint density at radius 1 is 1.30 bits per heavy atom. The third-order valence-corrected chi connectivity index (χ3v) is 1.25. The van der Waals surface area contributed by atoms with Gasteiger partial charge >= 0.3 is 0 Å². The molecule has 0 aromatic carbocycles. The van der Waals surface area contributed by atoms with Crippen LogP contribution in [-0.4, -0.2) is 23.2 Å². The summed E-state index contributed by atoms with van der Waals surface area (Å²) >= 11 is 0. The van der Waals surface area contributed by atoms with Gasteiger partial charge in [0.1, 0.15) is 0 Å². The first-order valence-electron chi connectivity index (χ1n) is 3.42. The Kier molecular flexibility index (Phi) is 4.54. The van der Waals surface area contributed by atoms with Crippen LogP contribution in [0.3, 0.4) is 0 Å². The van der Waals surface area contributed by atoms with Crippen molar-refractivity contribution in [3.05, 3.63) is 0 Å². The van der Waals surface area contributed by atoms with Crippen molar-refractivity contribution in [3.63, 3.8) is 0 Å². The van der Waals surface area contributed by atoms with E-state index in [2.05, 4.69) is 17.1 Å². The number of rotatable bonds is 3. The SMILES string of the molecule is CCC/N=C(C)/C(C)=N/O. The fraction of sp³-hybridized carbons (Fsp3) is 0.714. The molecule has 0 spiro atoms. The number of aliphatic imine (C=N–C) groups is 1. The van der Waals surface area contributed by atoms with Gasteiger partial charge in [-0.05, 0) is 20.3 Å². The number of nitrogens with zero attached hydrogens (tertiary/aromatic N) is 2. The molecule has 0 aromatic heterocycles. The minimum atomic E-state index is 0.591. The summed E-state index contributed by atoms with van der Waals surface area (Å²) in [5.74, 6) is 0. The molecule has 0 saturated carbocycles. The predicted octanol–water partition coefficient (Wildman–Crippen LogP) is 1.71. The van der Waals surface area contributed by atoms with E-state index in [0.29, 0.717) is 5.71 Å². The van der Waals surface area contributed by atoms with Crippen molar-refractivity contribution in [2.45, 2.75) is 27.2 Å². The molecule has 0 amide bonds. The second-order valence-electron chi connectivity index (χ2n) is 2.15. The van der Waals surface area contributed by atoms with Gasteiger partial charge in [-0.1, -0.05) is 12.1 Å². The molecule has 0 atom stereocenters. The summed E-state index contributed by atoms with van der Waals surface area (Å²) in [5.41, 5.74) is 1.40. The van der Waals surface area contributed by atoms with E-state index in [1.807, 2.05) is 6.92 Å². The van der Waals surface area contributed by atoms with E-state index in [4.69, 9.17) is 5.21 Å². The van der Waals surface area contributed by atoms with E-state index in [-0.39, 0.29) is 0 Å². The second-order valence-corrected chi connectivity index (χ2v) is 2.15. The highest BCUT2D eigenvalue weighted by molar-refractivity contribution is 6.40. The van der Waals surface area contributed by atoms with E-state index in [1.165, 1.54) is 0 Å². The average Bonchev–Trinajstić information content (AvgIpc) is 1.98. The lowest BCUT2D eigenvalue weighted by Crippen LogP contribution is -2.05. The monoisotopic (exact) mass is 142 g/mol. The van der Waals surface area contributed by atoms with Gasteiger partial charge in [0.15, 0.2) is 0 Å². The molecule has 0 rings (SSSR count). The fourth-order valence-electron chi connectivity index (χ4n) is 0.466. The topological polar surface area (TPSA) is 45.0 Å². The Morgan fingerprint density at radius 2 is 1.90 bits per heavy atom. The van der Waals surface area contributed by atoms with Crippen molar-refractivity contribution in [2.75, 3.05) is 6.54 Å². The summed E-state index contributed by atoms with van der Waals surface area (Å²) in [6.07, 6.45) is 1.02. The molecule has 58 valence electrons. The molecule has 3 heteroatoms. The maximum absolute atomic E-state index is 8.31. The number of oxime groups is 1. The summed E-state index contributed by atoms with van der Waals surface area (Å²) in [6, 6.07) is 0. The Bertz CT molecular complexity index is 150. The minimum Gasteiger partial charge on any atom is -0.411 e. The first-order chi connectivity index (χ1) is 4.72. The summed E-state index contributed by atoms with van der Waals surface area (Å²) < 4.78 is 0. The highest BCUT2D eigenvalue weighted by atomic mass is 16.4. The van der Waals surface area contributed by atoms with Gasteiger partial charge in [-0.2, -0.15) is 0 Å². The van der Waals surface area contributed by atoms with E-state index in [9.17, 15) is 0 Å². The van der Waals surface area contributed by atoms with E-state index in [1.54, 1.807) is 6.92 Å². The maximum Gasteiger partial charge on any atom is 0.0971 e. The predicted molar refractivity (Wildman–Crippen MR) is 43.2 cm³/mol. The minimum absolute atomic E-state index is 0.591. The molecule has 0 bridgehead atoms. The Hall–Kier alpha value is -0.860. The Balaban J connectivity index is 3.93. The summed E-state index contributed by atoms with van der Waals surface area (Å²) in [6.45, 7) is 6.43. The van der Waals surface area contributed by atoms with Crippen molar-refractivity contribution in [1.29, 1.82) is 0 Å². The normalized spacial score (nSPS) is 13.9. The Morgan fingerprint density at radius 3 is 2.30 bits per heavy atom. The quantitative estimate of drug-likeness (QED) is 0.364. The molecule has 0 heterocycles. The molecule has 0 saturated heterocycles. The van der Waals surface area contributed by atoms with Gasteiger partial charge in [0, 0.05) is 6.54 Å². The van der Waals surface area contributed by atoms with Crippen molar-refractivity contribution >= 4 is 11.4 Å². The molecule has 0 aliphatic heterocycles. The average molecular weight is 142 g/mol. The molecule has 3 nitrogen and oxygen atoms in total. The van der Waals surface area contributed by atoms with Gasteiger partial charge < -0.3 is 5.21 Å². The van der Waals surface area contributed by atoms with Crippen molar-refractivity contribution in [1.82, 2.24) is 0 Å². The van der Waals surface area contributed by atoms with Gasteiger partial charge in [-0.3, -0.25) is 4.99 Å². The molecular formula is C7H14N2O. The smallest absolute Gasteiger partial charge is 0.0971 e. The molecule has 0 aliphatic rings. The third-order valence-electron chi connectivity index (χ3n) is 1.25. The zero-order chi connectivity index (χ0) is 7.98. The standard InChI is InChI=1S/C7H14N2O/c1-4-5-8-6(2)7(3)9-10/h10H,4-5H2,1-3H3/b8-6+,9-7+. The maximum atomic E-state index is 8.31. The van der Waals surface area contributed by atoms with E-state index < -0.39 is 0 Å². The van der Waals surface area contributed by atoms with Crippen LogP contribution in [0.5, 0.6) is 0 Å². The summed E-state index contributed by atoms with van der Waals surface area (Å²) in [7, 11) is 0. The van der Waals surface area contributed by atoms with Gasteiger partial charge in [-0.15, -0.1) is 0 Å². The third kappa shape index (κ3) is 3.22. The highest BCUT2D eigenvalue weighted by Gasteiger charge is 1.93. The lowest BCUT2D eigenvalue weighted by molar-refractivity contribution is 0.320. The lowest BCUT2D eigenvalue weighted by Gasteiger charge is -1.94. The van der Waals surface area contributed by atoms with Crippen LogP contribution in [-0.2, 0) is 0 Å². The number of hydrogen-bond acceptors (Lipinski definition) is 3. The largest absolute Gasteiger partial charge is 0.411 e. The number of hydrogen-bond donors (Lipinski definition) is 1. The molecule has 10 heavy (non-hydrogen) atoms. The molecule has 0 radical (unpaired) electrons. The summed E-state index contributed by atoms with van der Waals surface area (Å²) in [4.78, 5) is 4.14. The first kappa shape index (κ1) is 9.14. The van der Waals surface area contributed by atoms with Crippen molar-refractivity contribution in [3.8, 4) is 0 Å². The van der Waals surface area contributed by atoms with Crippen LogP contribution in [0.15, 0.2) is 10.1 Å². The zero-order valence-corrected chi connectivity index (χ0v) is 6.76. The molecule has 0 aliphatic carbocycles.